The predicted octanol–water partition coefficient (Wildman–Crippen LogP) is 7.98. The van der Waals surface area contributed by atoms with Crippen molar-refractivity contribution in [3.63, 3.8) is 0 Å². The lowest BCUT2D eigenvalue weighted by molar-refractivity contribution is -0.136. The van der Waals surface area contributed by atoms with E-state index in [1.54, 1.807) is 6.07 Å². The molecule has 6 aromatic rings. The van der Waals surface area contributed by atoms with E-state index in [0.717, 1.165) is 33.7 Å². The summed E-state index contributed by atoms with van der Waals surface area (Å²) in [5, 5.41) is 9.92. The van der Waals surface area contributed by atoms with Crippen molar-refractivity contribution in [2.24, 2.45) is 7.05 Å². The minimum Gasteiger partial charge on any atom is -0.489 e. The topological polar surface area (TPSA) is 39.9 Å². The highest BCUT2D eigenvalue weighted by molar-refractivity contribution is 5.97. The van der Waals surface area contributed by atoms with Gasteiger partial charge < -0.3 is 9.30 Å². The SMILES string of the molecule is Cn1ccc2ccc(COc3cccc(-c4c(Cc5ccccc5)nnc5c(C(F)(F)F)cccc45)c3)cc21. The van der Waals surface area contributed by atoms with E-state index in [9.17, 15) is 13.2 Å². The third-order valence-corrected chi connectivity index (χ3v) is 6.87. The van der Waals surface area contributed by atoms with Crippen LogP contribution in [0.5, 0.6) is 5.75 Å². The second kappa shape index (κ2) is 9.91. The molecule has 0 saturated heterocycles. The van der Waals surface area contributed by atoms with Crippen LogP contribution in [0.2, 0.25) is 0 Å². The molecule has 0 unspecified atom stereocenters. The quantitative estimate of drug-likeness (QED) is 0.222. The summed E-state index contributed by atoms with van der Waals surface area (Å²) in [4.78, 5) is 0. The van der Waals surface area contributed by atoms with Gasteiger partial charge in [-0.15, -0.1) is 5.10 Å². The molecule has 0 radical (unpaired) electrons. The van der Waals surface area contributed by atoms with Crippen LogP contribution in [0, 0.1) is 0 Å². The highest BCUT2D eigenvalue weighted by Crippen LogP contribution is 2.39. The Bertz CT molecular complexity index is 1790. The van der Waals surface area contributed by atoms with Gasteiger partial charge in [-0.25, -0.2) is 0 Å². The average molecular weight is 524 g/mol. The lowest BCUT2D eigenvalue weighted by Gasteiger charge is -2.16. The molecule has 0 aliphatic heterocycles. The Kier molecular flexibility index (Phi) is 6.27. The molecule has 194 valence electrons. The number of alkyl halides is 3. The first-order chi connectivity index (χ1) is 18.9. The highest BCUT2D eigenvalue weighted by Gasteiger charge is 2.34. The van der Waals surface area contributed by atoms with Gasteiger partial charge >= 0.3 is 6.18 Å². The predicted molar refractivity (Wildman–Crippen MR) is 146 cm³/mol. The minimum absolute atomic E-state index is 0.168. The van der Waals surface area contributed by atoms with Crippen molar-refractivity contribution in [1.82, 2.24) is 14.8 Å². The zero-order valence-corrected chi connectivity index (χ0v) is 21.1. The molecule has 0 fully saturated rings. The minimum atomic E-state index is -4.54. The maximum Gasteiger partial charge on any atom is 0.418 e. The standard InChI is InChI=1S/C32H24F3N3O/c1-38-16-15-23-14-13-22(18-29(23)38)20-39-25-10-5-9-24(19-25)30-26-11-6-12-27(32(33,34)35)31(26)37-36-28(30)17-21-7-3-2-4-8-21/h2-16,18-19H,17,20H2,1H3. The number of halogens is 3. The third-order valence-electron chi connectivity index (χ3n) is 6.87. The fraction of sp³-hybridized carbons (Fsp3) is 0.125. The molecule has 7 heteroatoms. The maximum absolute atomic E-state index is 13.8. The molecular weight excluding hydrogens is 499 g/mol. The van der Waals surface area contributed by atoms with E-state index in [0.29, 0.717) is 35.4 Å². The van der Waals surface area contributed by atoms with Gasteiger partial charge in [0.1, 0.15) is 17.9 Å². The number of aryl methyl sites for hydroxylation is 1. The van der Waals surface area contributed by atoms with Gasteiger partial charge in [0.15, 0.2) is 0 Å². The number of hydrogen-bond acceptors (Lipinski definition) is 3. The van der Waals surface area contributed by atoms with E-state index in [1.165, 1.54) is 6.07 Å². The normalized spacial score (nSPS) is 11.8. The number of nitrogens with zero attached hydrogens (tertiary/aromatic N) is 3. The van der Waals surface area contributed by atoms with Gasteiger partial charge in [0.05, 0.1) is 11.3 Å². The van der Waals surface area contributed by atoms with Crippen LogP contribution in [0.3, 0.4) is 0 Å². The van der Waals surface area contributed by atoms with Gasteiger partial charge in [-0.1, -0.05) is 66.7 Å². The second-order valence-electron chi connectivity index (χ2n) is 9.52. The van der Waals surface area contributed by atoms with E-state index in [1.807, 2.05) is 73.9 Å². The lowest BCUT2D eigenvalue weighted by atomic mass is 9.94. The van der Waals surface area contributed by atoms with Gasteiger partial charge in [-0.3, -0.25) is 0 Å². The molecule has 2 aromatic heterocycles. The van der Waals surface area contributed by atoms with Crippen LogP contribution in [0.1, 0.15) is 22.4 Å². The molecule has 0 saturated carbocycles. The summed E-state index contributed by atoms with van der Waals surface area (Å²) in [5.41, 5.74) is 4.08. The first-order valence-electron chi connectivity index (χ1n) is 12.5. The van der Waals surface area contributed by atoms with E-state index in [4.69, 9.17) is 4.74 Å². The molecule has 0 amide bonds. The monoisotopic (exact) mass is 523 g/mol. The van der Waals surface area contributed by atoms with Gasteiger partial charge in [0.25, 0.3) is 0 Å². The summed E-state index contributed by atoms with van der Waals surface area (Å²) in [6.07, 6.45) is -2.10. The Morgan fingerprint density at radius 3 is 2.44 bits per heavy atom. The molecule has 4 nitrogen and oxygen atoms in total. The summed E-state index contributed by atoms with van der Waals surface area (Å²) in [5.74, 6) is 0.613. The molecule has 0 atom stereocenters. The number of rotatable bonds is 6. The molecule has 0 bridgehead atoms. The molecule has 0 N–H and O–H groups in total. The zero-order chi connectivity index (χ0) is 27.0. The average Bonchev–Trinajstić information content (AvgIpc) is 3.31. The Hall–Kier alpha value is -4.65. The fourth-order valence-corrected chi connectivity index (χ4v) is 4.94. The van der Waals surface area contributed by atoms with Crippen molar-refractivity contribution in [3.8, 4) is 16.9 Å². The van der Waals surface area contributed by atoms with Crippen molar-refractivity contribution in [3.05, 3.63) is 126 Å². The number of hydrogen-bond donors (Lipinski definition) is 0. The fourth-order valence-electron chi connectivity index (χ4n) is 4.94. The van der Waals surface area contributed by atoms with Gasteiger partial charge in [-0.05, 0) is 52.4 Å². The van der Waals surface area contributed by atoms with Crippen LogP contribution in [-0.4, -0.2) is 14.8 Å². The van der Waals surface area contributed by atoms with Crippen LogP contribution in [-0.2, 0) is 26.3 Å². The lowest BCUT2D eigenvalue weighted by Crippen LogP contribution is -2.09. The van der Waals surface area contributed by atoms with Crippen molar-refractivity contribution in [2.75, 3.05) is 0 Å². The first kappa shape index (κ1) is 24.7. The maximum atomic E-state index is 13.8. The highest BCUT2D eigenvalue weighted by atomic mass is 19.4. The zero-order valence-electron chi connectivity index (χ0n) is 21.1. The van der Waals surface area contributed by atoms with Crippen molar-refractivity contribution < 1.29 is 17.9 Å². The van der Waals surface area contributed by atoms with Gasteiger partial charge in [-0.2, -0.15) is 18.3 Å². The Morgan fingerprint density at radius 2 is 1.62 bits per heavy atom. The van der Waals surface area contributed by atoms with Crippen LogP contribution in [0.4, 0.5) is 13.2 Å². The molecule has 4 aromatic carbocycles. The largest absolute Gasteiger partial charge is 0.489 e. The van der Waals surface area contributed by atoms with Crippen LogP contribution >= 0.6 is 0 Å². The summed E-state index contributed by atoms with van der Waals surface area (Å²) in [7, 11) is 2.00. The molecule has 0 spiro atoms. The van der Waals surface area contributed by atoms with Gasteiger partial charge in [0, 0.05) is 36.1 Å². The molecular formula is C32H24F3N3O. The smallest absolute Gasteiger partial charge is 0.418 e. The summed E-state index contributed by atoms with van der Waals surface area (Å²) in [6, 6.07) is 29.5. The Balaban J connectivity index is 1.41. The number of aromatic nitrogens is 3. The molecule has 2 heterocycles. The van der Waals surface area contributed by atoms with Crippen molar-refractivity contribution in [1.29, 1.82) is 0 Å². The molecule has 0 aliphatic rings. The van der Waals surface area contributed by atoms with Crippen molar-refractivity contribution in [2.45, 2.75) is 19.2 Å². The Labute approximate surface area is 223 Å². The Morgan fingerprint density at radius 1 is 0.795 bits per heavy atom. The first-order valence-corrected chi connectivity index (χ1v) is 12.5. The van der Waals surface area contributed by atoms with E-state index in [2.05, 4.69) is 33.0 Å². The third kappa shape index (κ3) is 4.95. The number of benzene rings is 4. The number of fused-ring (bicyclic) bond motifs is 2. The van der Waals surface area contributed by atoms with Crippen LogP contribution in [0.15, 0.2) is 103 Å². The second-order valence-corrected chi connectivity index (χ2v) is 9.52. The summed E-state index contributed by atoms with van der Waals surface area (Å²) < 4.78 is 49.7. The van der Waals surface area contributed by atoms with E-state index >= 15 is 0 Å². The molecule has 6 rings (SSSR count). The van der Waals surface area contributed by atoms with Crippen LogP contribution in [0.25, 0.3) is 32.9 Å². The van der Waals surface area contributed by atoms with E-state index in [-0.39, 0.29) is 5.52 Å². The summed E-state index contributed by atoms with van der Waals surface area (Å²) in [6.45, 7) is 0.356. The molecule has 39 heavy (non-hydrogen) atoms. The summed E-state index contributed by atoms with van der Waals surface area (Å²) >= 11 is 0. The van der Waals surface area contributed by atoms with E-state index < -0.39 is 11.7 Å². The van der Waals surface area contributed by atoms with Gasteiger partial charge in [0.2, 0.25) is 0 Å². The number of ether oxygens (including phenoxy) is 1. The van der Waals surface area contributed by atoms with Crippen LogP contribution < -0.4 is 4.74 Å². The van der Waals surface area contributed by atoms with Crippen molar-refractivity contribution >= 4 is 21.8 Å². The molecule has 0 aliphatic carbocycles.